The number of nitrogens with one attached hydrogen (secondary N) is 1. The Labute approximate surface area is 195 Å². The molecule has 0 spiro atoms. The molecule has 0 saturated carbocycles. The molecule has 0 bridgehead atoms. The Balaban J connectivity index is 1.84. The van der Waals surface area contributed by atoms with E-state index in [0.717, 1.165) is 31.4 Å². The summed E-state index contributed by atoms with van der Waals surface area (Å²) in [6.45, 7) is 5.97. The Morgan fingerprint density at radius 1 is 0.938 bits per heavy atom. The summed E-state index contributed by atoms with van der Waals surface area (Å²) in [5.41, 5.74) is 0.988. The average Bonchev–Trinajstić information content (AvgIpc) is 2.79. The number of benzene rings is 1. The summed E-state index contributed by atoms with van der Waals surface area (Å²) in [5.74, 6) is 1.03. The van der Waals surface area contributed by atoms with Crippen molar-refractivity contribution in [3.63, 3.8) is 0 Å². The van der Waals surface area contributed by atoms with Crippen LogP contribution in [-0.2, 0) is 14.6 Å². The Hall–Kier alpha value is -1.76. The molecule has 1 aromatic rings. The second kappa shape index (κ2) is 14.4. The zero-order chi connectivity index (χ0) is 23.2. The molecule has 1 atom stereocenters. The first-order valence-corrected chi connectivity index (χ1v) is 14.3. The van der Waals surface area contributed by atoms with Gasteiger partial charge in [0.25, 0.3) is 5.91 Å². The number of sulfone groups is 1. The molecule has 182 valence electrons. The van der Waals surface area contributed by atoms with Crippen molar-refractivity contribution < 1.29 is 17.9 Å². The minimum Gasteiger partial charge on any atom is -0.481 e. The zero-order valence-electron chi connectivity index (χ0n) is 20.0. The summed E-state index contributed by atoms with van der Waals surface area (Å²) in [4.78, 5) is 14.7. The van der Waals surface area contributed by atoms with E-state index in [1.165, 1.54) is 38.5 Å². The van der Waals surface area contributed by atoms with Crippen LogP contribution in [0.5, 0.6) is 5.75 Å². The second-order valence-corrected chi connectivity index (χ2v) is 11.1. The van der Waals surface area contributed by atoms with Gasteiger partial charge in [0.05, 0.1) is 11.5 Å². The summed E-state index contributed by atoms with van der Waals surface area (Å²) >= 11 is 0. The number of ether oxygens (including phenoxy) is 1. The molecule has 32 heavy (non-hydrogen) atoms. The predicted molar refractivity (Wildman–Crippen MR) is 132 cm³/mol. The standard InChI is InChI=1S/C25H42N2O4S/c1-3-5-6-7-8-9-10-11-12-24(25(28)26-17-4-2)31-23-15-13-22(14-16-23)27-18-20-32(29,30)21-19-27/h13-16,24H,3-12,17-21H2,1-2H3,(H,26,28). The van der Waals surface area contributed by atoms with E-state index in [2.05, 4.69) is 17.1 Å². The van der Waals surface area contributed by atoms with E-state index in [1.807, 2.05) is 31.2 Å². The molecule has 0 aromatic heterocycles. The quantitative estimate of drug-likeness (QED) is 0.378. The van der Waals surface area contributed by atoms with Crippen LogP contribution in [0.4, 0.5) is 5.69 Å². The van der Waals surface area contributed by atoms with Gasteiger partial charge in [0, 0.05) is 25.3 Å². The molecule has 1 fully saturated rings. The van der Waals surface area contributed by atoms with Gasteiger partial charge in [-0.3, -0.25) is 4.79 Å². The lowest BCUT2D eigenvalue weighted by Gasteiger charge is -2.29. The molecule has 2 rings (SSSR count). The molecule has 1 aliphatic heterocycles. The first kappa shape index (κ1) is 26.5. The minimum atomic E-state index is -2.90. The van der Waals surface area contributed by atoms with Gasteiger partial charge in [-0.15, -0.1) is 0 Å². The summed E-state index contributed by atoms with van der Waals surface area (Å²) < 4.78 is 29.4. The van der Waals surface area contributed by atoms with Crippen molar-refractivity contribution in [2.24, 2.45) is 0 Å². The predicted octanol–water partition coefficient (Wildman–Crippen LogP) is 4.73. The number of anilines is 1. The topological polar surface area (TPSA) is 75.7 Å². The molecule has 1 N–H and O–H groups in total. The van der Waals surface area contributed by atoms with E-state index >= 15 is 0 Å². The number of hydrogen-bond acceptors (Lipinski definition) is 5. The lowest BCUT2D eigenvalue weighted by Crippen LogP contribution is -2.40. The van der Waals surface area contributed by atoms with E-state index in [4.69, 9.17) is 4.74 Å². The van der Waals surface area contributed by atoms with E-state index in [-0.39, 0.29) is 17.4 Å². The van der Waals surface area contributed by atoms with Crippen LogP contribution < -0.4 is 15.0 Å². The fourth-order valence-electron chi connectivity index (χ4n) is 3.94. The monoisotopic (exact) mass is 466 g/mol. The maximum Gasteiger partial charge on any atom is 0.261 e. The minimum absolute atomic E-state index is 0.0416. The van der Waals surface area contributed by atoms with Gasteiger partial charge in [-0.1, -0.05) is 58.8 Å². The Morgan fingerprint density at radius 2 is 1.53 bits per heavy atom. The number of rotatable bonds is 15. The van der Waals surface area contributed by atoms with Crippen molar-refractivity contribution in [2.45, 2.75) is 84.2 Å². The Bertz CT molecular complexity index is 751. The second-order valence-electron chi connectivity index (χ2n) is 8.79. The zero-order valence-corrected chi connectivity index (χ0v) is 20.8. The van der Waals surface area contributed by atoms with Gasteiger partial charge in [0.2, 0.25) is 0 Å². The molecule has 1 unspecified atom stereocenters. The molecule has 0 radical (unpaired) electrons. The van der Waals surface area contributed by atoms with Crippen molar-refractivity contribution in [1.29, 1.82) is 0 Å². The third kappa shape index (κ3) is 9.80. The summed E-state index contributed by atoms with van der Waals surface area (Å²) in [7, 11) is -2.90. The number of amides is 1. The lowest BCUT2D eigenvalue weighted by molar-refractivity contribution is -0.128. The van der Waals surface area contributed by atoms with Gasteiger partial charge in [-0.2, -0.15) is 0 Å². The summed E-state index contributed by atoms with van der Waals surface area (Å²) in [6, 6.07) is 7.66. The van der Waals surface area contributed by atoms with Crippen LogP contribution in [0.25, 0.3) is 0 Å². The highest BCUT2D eigenvalue weighted by atomic mass is 32.2. The first-order chi connectivity index (χ1) is 15.4. The largest absolute Gasteiger partial charge is 0.481 e. The van der Waals surface area contributed by atoms with Crippen LogP contribution in [0, 0.1) is 0 Å². The Morgan fingerprint density at radius 3 is 2.12 bits per heavy atom. The van der Waals surface area contributed by atoms with Gasteiger partial charge >= 0.3 is 0 Å². The third-order valence-corrected chi connectivity index (χ3v) is 7.60. The maximum absolute atomic E-state index is 12.6. The summed E-state index contributed by atoms with van der Waals surface area (Å²) in [5, 5.41) is 2.97. The van der Waals surface area contributed by atoms with Gasteiger partial charge in [0.1, 0.15) is 5.75 Å². The van der Waals surface area contributed by atoms with Crippen molar-refractivity contribution in [2.75, 3.05) is 36.0 Å². The van der Waals surface area contributed by atoms with Crippen molar-refractivity contribution >= 4 is 21.4 Å². The number of nitrogens with zero attached hydrogens (tertiary/aromatic N) is 1. The van der Waals surface area contributed by atoms with E-state index in [1.54, 1.807) is 0 Å². The molecule has 1 amide bonds. The van der Waals surface area contributed by atoms with Crippen LogP contribution in [0.15, 0.2) is 24.3 Å². The third-order valence-electron chi connectivity index (χ3n) is 5.99. The highest BCUT2D eigenvalue weighted by Gasteiger charge is 2.22. The number of carbonyl (C=O) groups is 1. The van der Waals surface area contributed by atoms with Crippen molar-refractivity contribution in [1.82, 2.24) is 5.32 Å². The van der Waals surface area contributed by atoms with Gasteiger partial charge in [0.15, 0.2) is 15.9 Å². The lowest BCUT2D eigenvalue weighted by atomic mass is 10.1. The van der Waals surface area contributed by atoms with E-state index in [0.29, 0.717) is 25.4 Å². The summed E-state index contributed by atoms with van der Waals surface area (Å²) in [6.07, 6.45) is 11.0. The van der Waals surface area contributed by atoms with Crippen molar-refractivity contribution in [3.05, 3.63) is 24.3 Å². The van der Waals surface area contributed by atoms with Crippen LogP contribution >= 0.6 is 0 Å². The van der Waals surface area contributed by atoms with Gasteiger partial charge in [-0.25, -0.2) is 8.42 Å². The number of carbonyl (C=O) groups excluding carboxylic acids is 1. The SMILES string of the molecule is CCCCCCCCCCC(Oc1ccc(N2CCS(=O)(=O)CC2)cc1)C(=O)NCCC. The molecule has 1 aromatic carbocycles. The molecule has 0 aliphatic carbocycles. The van der Waals surface area contributed by atoms with Crippen LogP contribution in [0.3, 0.4) is 0 Å². The molecule has 1 heterocycles. The Kier molecular flexibility index (Phi) is 11.9. The number of unbranched alkanes of at least 4 members (excludes halogenated alkanes) is 7. The molecule has 1 aliphatic rings. The maximum atomic E-state index is 12.6. The fourth-order valence-corrected chi connectivity index (χ4v) is 5.14. The number of hydrogen-bond donors (Lipinski definition) is 1. The molecular formula is C25H42N2O4S. The molecule has 1 saturated heterocycles. The van der Waals surface area contributed by atoms with Crippen molar-refractivity contribution in [3.8, 4) is 5.75 Å². The fraction of sp³-hybridized carbons (Fsp3) is 0.720. The average molecular weight is 467 g/mol. The molecule has 7 heteroatoms. The van der Waals surface area contributed by atoms with Gasteiger partial charge in [-0.05, 0) is 43.5 Å². The highest BCUT2D eigenvalue weighted by molar-refractivity contribution is 7.91. The first-order valence-electron chi connectivity index (χ1n) is 12.4. The van der Waals surface area contributed by atoms with E-state index in [9.17, 15) is 13.2 Å². The van der Waals surface area contributed by atoms with Crippen LogP contribution in [0.2, 0.25) is 0 Å². The smallest absolute Gasteiger partial charge is 0.261 e. The van der Waals surface area contributed by atoms with Crippen LogP contribution in [-0.4, -0.2) is 51.6 Å². The van der Waals surface area contributed by atoms with E-state index < -0.39 is 15.9 Å². The normalized spacial score (nSPS) is 16.5. The van der Waals surface area contributed by atoms with Crippen LogP contribution in [0.1, 0.15) is 78.1 Å². The molecular weight excluding hydrogens is 424 g/mol. The molecule has 6 nitrogen and oxygen atoms in total. The highest BCUT2D eigenvalue weighted by Crippen LogP contribution is 2.23. The van der Waals surface area contributed by atoms with Gasteiger partial charge < -0.3 is 15.0 Å².